The van der Waals surface area contributed by atoms with E-state index in [9.17, 15) is 0 Å². The quantitative estimate of drug-likeness (QED) is 0.441. The van der Waals surface area contributed by atoms with Gasteiger partial charge in [-0.3, -0.25) is 0 Å². The molecule has 0 bridgehead atoms. The van der Waals surface area contributed by atoms with Gasteiger partial charge >= 0.3 is 0 Å². The van der Waals surface area contributed by atoms with Crippen LogP contribution < -0.4 is 0 Å². The molecule has 0 unspecified atom stereocenters. The van der Waals surface area contributed by atoms with Crippen LogP contribution in [0.4, 0.5) is 0 Å². The van der Waals surface area contributed by atoms with Gasteiger partial charge in [0.25, 0.3) is 0 Å². The van der Waals surface area contributed by atoms with E-state index in [0.717, 1.165) is 0 Å². The van der Waals surface area contributed by atoms with Gasteiger partial charge in [0.05, 0.1) is 0 Å². The Kier molecular flexibility index (Phi) is 297. The first-order chi connectivity index (χ1) is 0. The molecule has 0 saturated carbocycles. The zero-order valence-electron chi connectivity index (χ0n) is 2.00. The molecule has 0 aromatic heterocycles. The fourth-order valence-electron chi connectivity index (χ4n) is 0. The smallest absolute Gasteiger partial charge is 0 e. The molecule has 8 radical (unpaired) electrons. The molecule has 4 N–H and O–H groups in total. The second kappa shape index (κ2) is 24.3. The van der Waals surface area contributed by atoms with Crippen LogP contribution >= 0.6 is 0 Å². The number of hydrogen-bond acceptors (Lipinski definition) is 0. The molecule has 0 aromatic carbocycles. The van der Waals surface area contributed by atoms with Gasteiger partial charge in [-0.15, -0.1) is 0 Å². The molecule has 2 nitrogen and oxygen atoms in total. The summed E-state index contributed by atoms with van der Waals surface area (Å²) in [5, 5.41) is 0. The van der Waals surface area contributed by atoms with Crippen LogP contribution in [0.2, 0.25) is 0 Å². The van der Waals surface area contributed by atoms with Crippen LogP contribution in [0.15, 0.2) is 0 Å². The van der Waals surface area contributed by atoms with Crippen molar-refractivity contribution in [2.24, 2.45) is 0 Å². The fraction of sp³-hybridized carbons (Fsp3) is 0. The van der Waals surface area contributed by atoms with Gasteiger partial charge in [0.2, 0.25) is 0 Å². The van der Waals surface area contributed by atoms with Crippen molar-refractivity contribution in [1.82, 2.24) is 0 Å². The molecular formula is H4O2Sn2. The molecular weight excluding hydrogens is 269 g/mol. The number of hydrogen-bond donors (Lipinski definition) is 0. The first-order valence-corrected chi connectivity index (χ1v) is 0. The molecule has 0 aromatic rings. The van der Waals surface area contributed by atoms with E-state index < -0.39 is 0 Å². The van der Waals surface area contributed by atoms with Crippen LogP contribution in [-0.4, -0.2) is 58.8 Å². The summed E-state index contributed by atoms with van der Waals surface area (Å²) in [6, 6.07) is 0. The third-order valence-electron chi connectivity index (χ3n) is 0. The van der Waals surface area contributed by atoms with E-state index in [1.54, 1.807) is 0 Å². The summed E-state index contributed by atoms with van der Waals surface area (Å²) in [6.45, 7) is 0. The van der Waals surface area contributed by atoms with Crippen LogP contribution in [0.1, 0.15) is 0 Å². The molecule has 24 valence electrons. The zero-order chi connectivity index (χ0) is 0. The van der Waals surface area contributed by atoms with E-state index in [0.29, 0.717) is 0 Å². The Morgan fingerprint density at radius 3 is 0.500 bits per heavy atom. The van der Waals surface area contributed by atoms with E-state index in [1.165, 1.54) is 0 Å². The summed E-state index contributed by atoms with van der Waals surface area (Å²) in [6.07, 6.45) is 0. The maximum atomic E-state index is 0. The molecule has 0 aliphatic rings. The average molecular weight is 273 g/mol. The predicted octanol–water partition coefficient (Wildman–Crippen LogP) is -2.41. The first-order valence-electron chi connectivity index (χ1n) is 0. The van der Waals surface area contributed by atoms with Crippen LogP contribution in [0, 0.1) is 0 Å². The fourth-order valence-corrected chi connectivity index (χ4v) is 0. The molecule has 4 heavy (non-hydrogen) atoms. The number of rotatable bonds is 0. The molecule has 0 rings (SSSR count). The Morgan fingerprint density at radius 2 is 0.500 bits per heavy atom. The van der Waals surface area contributed by atoms with Gasteiger partial charge in [-0.2, -0.15) is 0 Å². The maximum Gasteiger partial charge on any atom is 0 e. The molecule has 0 fully saturated rings. The summed E-state index contributed by atoms with van der Waals surface area (Å²) in [7, 11) is 0. The molecule has 4 heteroatoms. The minimum Gasteiger partial charge on any atom is -0.412 e. The van der Waals surface area contributed by atoms with Crippen LogP contribution in [0.25, 0.3) is 0 Å². The van der Waals surface area contributed by atoms with E-state index in [-0.39, 0.29) is 58.8 Å². The monoisotopic (exact) mass is 276 g/mol. The molecule has 0 atom stereocenters. The Balaban J connectivity index is 0. The van der Waals surface area contributed by atoms with Crippen LogP contribution in [-0.2, 0) is 0 Å². The normalized spacial score (nSPS) is 0. The van der Waals surface area contributed by atoms with Crippen LogP contribution in [0.3, 0.4) is 0 Å². The minimum absolute atomic E-state index is 0. The van der Waals surface area contributed by atoms with E-state index in [2.05, 4.69) is 0 Å². The summed E-state index contributed by atoms with van der Waals surface area (Å²) >= 11 is 0. The van der Waals surface area contributed by atoms with Gasteiger partial charge in [-0.25, -0.2) is 0 Å². The Labute approximate surface area is 58.5 Å². The van der Waals surface area contributed by atoms with Gasteiger partial charge in [0.15, 0.2) is 0 Å². The largest absolute Gasteiger partial charge is 0.412 e. The van der Waals surface area contributed by atoms with Crippen molar-refractivity contribution in [2.75, 3.05) is 0 Å². The summed E-state index contributed by atoms with van der Waals surface area (Å²) in [4.78, 5) is 0. The van der Waals surface area contributed by atoms with Gasteiger partial charge < -0.3 is 11.0 Å². The van der Waals surface area contributed by atoms with E-state index >= 15 is 0 Å². The minimum atomic E-state index is 0. The molecule has 0 spiro atoms. The van der Waals surface area contributed by atoms with E-state index in [1.807, 2.05) is 0 Å². The van der Waals surface area contributed by atoms with Crippen molar-refractivity contribution in [2.45, 2.75) is 0 Å². The standard InChI is InChI=1S/2H2O.2Sn/h2*1H2;;. The molecule has 0 aliphatic heterocycles. The Morgan fingerprint density at radius 1 is 0.500 bits per heavy atom. The van der Waals surface area contributed by atoms with Gasteiger partial charge in [0.1, 0.15) is 0 Å². The second-order valence-corrected chi connectivity index (χ2v) is 0. The van der Waals surface area contributed by atoms with Crippen molar-refractivity contribution >= 4 is 47.8 Å². The molecule has 0 aliphatic carbocycles. The second-order valence-electron chi connectivity index (χ2n) is 0. The predicted molar refractivity (Wildman–Crippen MR) is 18.7 cm³/mol. The zero-order valence-corrected chi connectivity index (χ0v) is 7.71. The van der Waals surface area contributed by atoms with Gasteiger partial charge in [-0.1, -0.05) is 0 Å². The molecule has 0 amide bonds. The van der Waals surface area contributed by atoms with Gasteiger partial charge in [0, 0.05) is 47.8 Å². The average Bonchev–Trinajstić information content (AvgIpc) is 0. The van der Waals surface area contributed by atoms with Crippen molar-refractivity contribution in [3.05, 3.63) is 0 Å². The summed E-state index contributed by atoms with van der Waals surface area (Å²) in [5.41, 5.74) is 0. The van der Waals surface area contributed by atoms with Crippen molar-refractivity contribution in [1.29, 1.82) is 0 Å². The van der Waals surface area contributed by atoms with Crippen molar-refractivity contribution < 1.29 is 11.0 Å². The summed E-state index contributed by atoms with van der Waals surface area (Å²) < 4.78 is 0. The van der Waals surface area contributed by atoms with Crippen LogP contribution in [0.5, 0.6) is 0 Å². The SMILES string of the molecule is O.O.[Sn].[Sn]. The Bertz CT molecular complexity index is 4.00. The summed E-state index contributed by atoms with van der Waals surface area (Å²) in [5.74, 6) is 0. The third kappa shape index (κ3) is 9.68. The first kappa shape index (κ1) is 48.9. The molecule has 0 saturated heterocycles. The third-order valence-corrected chi connectivity index (χ3v) is 0. The van der Waals surface area contributed by atoms with Gasteiger partial charge in [-0.05, 0) is 0 Å². The maximum absolute atomic E-state index is 0. The van der Waals surface area contributed by atoms with Crippen molar-refractivity contribution in [3.8, 4) is 0 Å². The Hall–Kier alpha value is 1.52. The topological polar surface area (TPSA) is 63.0 Å². The van der Waals surface area contributed by atoms with E-state index in [4.69, 9.17) is 0 Å². The van der Waals surface area contributed by atoms with Crippen molar-refractivity contribution in [3.63, 3.8) is 0 Å². The molecule has 0 heterocycles.